The number of nitrogens with two attached hydrogens (primary N) is 1. The van der Waals surface area contributed by atoms with Crippen molar-refractivity contribution in [1.82, 2.24) is 9.80 Å². The van der Waals surface area contributed by atoms with Crippen LogP contribution in [0.5, 0.6) is 0 Å². The molecule has 3 rings (SSSR count). The quantitative estimate of drug-likeness (QED) is 0.758. The van der Waals surface area contributed by atoms with Crippen molar-refractivity contribution in [2.24, 2.45) is 5.73 Å². The Morgan fingerprint density at radius 2 is 1.39 bits per heavy atom. The lowest BCUT2D eigenvalue weighted by atomic mass is 9.99. The van der Waals surface area contributed by atoms with Crippen molar-refractivity contribution in [1.29, 1.82) is 0 Å². The van der Waals surface area contributed by atoms with Crippen LogP contribution in [0.25, 0.3) is 0 Å². The zero-order valence-electron chi connectivity index (χ0n) is 16.7. The molecule has 1 aromatic carbocycles. The highest BCUT2D eigenvalue weighted by atomic mass is 32.1. The number of hydrogen-bond donors (Lipinski definition) is 2. The Labute approximate surface area is 172 Å². The predicted molar refractivity (Wildman–Crippen MR) is 116 cm³/mol. The Morgan fingerprint density at radius 1 is 0.929 bits per heavy atom. The number of carbonyl (C=O) groups is 2. The lowest BCUT2D eigenvalue weighted by molar-refractivity contribution is 0.0634. The molecule has 0 saturated carbocycles. The third-order valence-corrected chi connectivity index (χ3v) is 5.92. The van der Waals surface area contributed by atoms with Gasteiger partial charge in [0.1, 0.15) is 0 Å². The predicted octanol–water partition coefficient (Wildman–Crippen LogP) is 3.37. The van der Waals surface area contributed by atoms with Crippen LogP contribution in [-0.4, -0.2) is 51.9 Å². The second-order valence-electron chi connectivity index (χ2n) is 7.97. The molecular formula is C21H30N4O2S. The van der Waals surface area contributed by atoms with Gasteiger partial charge in [0.15, 0.2) is 5.11 Å². The lowest BCUT2D eigenvalue weighted by Crippen LogP contribution is -2.43. The second-order valence-corrected chi connectivity index (χ2v) is 8.41. The van der Waals surface area contributed by atoms with Crippen LogP contribution in [0.4, 0.5) is 5.69 Å². The van der Waals surface area contributed by atoms with E-state index in [0.717, 1.165) is 51.6 Å². The van der Waals surface area contributed by atoms with Gasteiger partial charge in [0.25, 0.3) is 11.8 Å². The molecule has 28 heavy (non-hydrogen) atoms. The second kappa shape index (κ2) is 8.90. The van der Waals surface area contributed by atoms with Crippen molar-refractivity contribution in [3.05, 3.63) is 29.3 Å². The molecule has 0 bridgehead atoms. The molecule has 2 heterocycles. The summed E-state index contributed by atoms with van der Waals surface area (Å²) in [5.74, 6) is -0.0842. The standard InChI is InChI=1S/C21H30N4O2S/c1-14-7-3-5-9-24(14)19(26)16-11-17(13-18(12-16)23-21(22)28)20(27)25-10-6-4-8-15(25)2/h11-15H,3-10H2,1-2H3,(H3,22,23,28). The average molecular weight is 403 g/mol. The van der Waals surface area contributed by atoms with E-state index in [9.17, 15) is 9.59 Å². The molecule has 6 nitrogen and oxygen atoms in total. The van der Waals surface area contributed by atoms with E-state index in [1.165, 1.54) is 0 Å². The first kappa shape index (κ1) is 20.6. The van der Waals surface area contributed by atoms with E-state index in [0.29, 0.717) is 16.8 Å². The number of likely N-dealkylation sites (tertiary alicyclic amines) is 2. The fourth-order valence-corrected chi connectivity index (χ4v) is 4.34. The minimum absolute atomic E-state index is 0.0421. The fraction of sp³-hybridized carbons (Fsp3) is 0.571. The smallest absolute Gasteiger partial charge is 0.254 e. The molecule has 2 aliphatic heterocycles. The van der Waals surface area contributed by atoms with Gasteiger partial charge in [-0.3, -0.25) is 9.59 Å². The Morgan fingerprint density at radius 3 is 1.79 bits per heavy atom. The first-order valence-electron chi connectivity index (χ1n) is 10.2. The van der Waals surface area contributed by atoms with Gasteiger partial charge in [-0.15, -0.1) is 0 Å². The summed E-state index contributed by atoms with van der Waals surface area (Å²) in [7, 11) is 0. The molecule has 0 aliphatic carbocycles. The summed E-state index contributed by atoms with van der Waals surface area (Å²) < 4.78 is 0. The first-order valence-corrected chi connectivity index (χ1v) is 10.6. The summed E-state index contributed by atoms with van der Waals surface area (Å²) >= 11 is 4.96. The zero-order chi connectivity index (χ0) is 20.3. The van der Waals surface area contributed by atoms with Gasteiger partial charge >= 0.3 is 0 Å². The third kappa shape index (κ3) is 4.63. The van der Waals surface area contributed by atoms with Crippen molar-refractivity contribution >= 4 is 34.8 Å². The highest BCUT2D eigenvalue weighted by molar-refractivity contribution is 7.80. The molecule has 2 aliphatic rings. The van der Waals surface area contributed by atoms with Gasteiger partial charge in [0, 0.05) is 42.0 Å². The van der Waals surface area contributed by atoms with Crippen molar-refractivity contribution in [3.8, 4) is 0 Å². The first-order chi connectivity index (χ1) is 13.4. The number of hydrogen-bond acceptors (Lipinski definition) is 3. The molecular weight excluding hydrogens is 372 g/mol. The number of amides is 2. The van der Waals surface area contributed by atoms with Gasteiger partial charge in [-0.1, -0.05) is 0 Å². The van der Waals surface area contributed by atoms with Crippen molar-refractivity contribution in [3.63, 3.8) is 0 Å². The van der Waals surface area contributed by atoms with E-state index >= 15 is 0 Å². The highest BCUT2D eigenvalue weighted by Crippen LogP contribution is 2.25. The number of rotatable bonds is 3. The topological polar surface area (TPSA) is 78.7 Å². The van der Waals surface area contributed by atoms with E-state index < -0.39 is 0 Å². The normalized spacial score (nSPS) is 22.6. The highest BCUT2D eigenvalue weighted by Gasteiger charge is 2.28. The lowest BCUT2D eigenvalue weighted by Gasteiger charge is -2.34. The van der Waals surface area contributed by atoms with Crippen LogP contribution in [0.1, 0.15) is 73.1 Å². The minimum Gasteiger partial charge on any atom is -0.376 e. The van der Waals surface area contributed by atoms with E-state index in [-0.39, 0.29) is 29.0 Å². The van der Waals surface area contributed by atoms with Crippen LogP contribution < -0.4 is 11.1 Å². The molecule has 0 radical (unpaired) electrons. The largest absolute Gasteiger partial charge is 0.376 e. The molecule has 3 N–H and O–H groups in total. The molecule has 1 aromatic rings. The zero-order valence-corrected chi connectivity index (χ0v) is 17.6. The molecule has 7 heteroatoms. The van der Waals surface area contributed by atoms with Gasteiger partial charge in [0.05, 0.1) is 0 Å². The van der Waals surface area contributed by atoms with Gasteiger partial charge in [-0.25, -0.2) is 0 Å². The molecule has 2 fully saturated rings. The number of benzene rings is 1. The molecule has 2 saturated heterocycles. The summed E-state index contributed by atoms with van der Waals surface area (Å²) in [6.07, 6.45) is 6.33. The van der Waals surface area contributed by atoms with Gasteiger partial charge < -0.3 is 20.9 Å². The van der Waals surface area contributed by atoms with Gasteiger partial charge in [-0.05, 0) is 82.8 Å². The van der Waals surface area contributed by atoms with Crippen molar-refractivity contribution < 1.29 is 9.59 Å². The monoisotopic (exact) mass is 402 g/mol. The molecule has 0 aromatic heterocycles. The van der Waals surface area contributed by atoms with Crippen molar-refractivity contribution in [2.75, 3.05) is 18.4 Å². The number of nitrogens with one attached hydrogen (secondary N) is 1. The van der Waals surface area contributed by atoms with Gasteiger partial charge in [-0.2, -0.15) is 0 Å². The Bertz CT molecular complexity index is 715. The maximum atomic E-state index is 13.2. The van der Waals surface area contributed by atoms with E-state index in [2.05, 4.69) is 19.2 Å². The van der Waals surface area contributed by atoms with Crippen molar-refractivity contribution in [2.45, 2.75) is 64.5 Å². The van der Waals surface area contributed by atoms with Crippen LogP contribution in [0.2, 0.25) is 0 Å². The molecule has 2 atom stereocenters. The Kier molecular flexibility index (Phi) is 6.54. The number of carbonyl (C=O) groups excluding carboxylic acids is 2. The molecule has 2 amide bonds. The SMILES string of the molecule is CC1CCCCN1C(=O)c1cc(NC(N)=S)cc(C(=O)N2CCCCC2C)c1. The third-order valence-electron chi connectivity index (χ3n) is 5.82. The van der Waals surface area contributed by atoms with Crippen LogP contribution in [0, 0.1) is 0 Å². The molecule has 0 spiro atoms. The number of nitrogens with zero attached hydrogens (tertiary/aromatic N) is 2. The fourth-order valence-electron chi connectivity index (χ4n) is 4.22. The number of thiocarbonyl (C=S) groups is 1. The van der Waals surface area contributed by atoms with E-state index in [1.807, 2.05) is 9.80 Å². The van der Waals surface area contributed by atoms with E-state index in [4.69, 9.17) is 18.0 Å². The molecule has 2 unspecified atom stereocenters. The van der Waals surface area contributed by atoms with E-state index in [1.54, 1.807) is 18.2 Å². The Hall–Kier alpha value is -2.15. The maximum absolute atomic E-state index is 13.2. The van der Waals surface area contributed by atoms with Crippen LogP contribution >= 0.6 is 12.2 Å². The summed E-state index contributed by atoms with van der Waals surface area (Å²) in [5, 5.41) is 3.00. The van der Waals surface area contributed by atoms with Crippen LogP contribution in [0.3, 0.4) is 0 Å². The summed E-state index contributed by atoms with van der Waals surface area (Å²) in [6.45, 7) is 5.66. The minimum atomic E-state index is -0.0421. The summed E-state index contributed by atoms with van der Waals surface area (Å²) in [4.78, 5) is 30.2. The van der Waals surface area contributed by atoms with Crippen LogP contribution in [-0.2, 0) is 0 Å². The number of anilines is 1. The molecule has 152 valence electrons. The van der Waals surface area contributed by atoms with Gasteiger partial charge in [0.2, 0.25) is 0 Å². The Balaban J connectivity index is 1.93. The number of piperidine rings is 2. The average Bonchev–Trinajstić information content (AvgIpc) is 2.67. The maximum Gasteiger partial charge on any atom is 0.254 e. The van der Waals surface area contributed by atoms with Crippen LogP contribution in [0.15, 0.2) is 18.2 Å². The summed E-state index contributed by atoms with van der Waals surface area (Å²) in [6, 6.07) is 5.60. The summed E-state index contributed by atoms with van der Waals surface area (Å²) in [5.41, 5.74) is 7.22.